The molecule has 0 fully saturated rings. The van der Waals surface area contributed by atoms with Crippen molar-refractivity contribution in [3.63, 3.8) is 0 Å². The maximum Gasteiger partial charge on any atom is 0.416 e. The third kappa shape index (κ3) is 3.42. The minimum absolute atomic E-state index is 0.0409. The molecule has 1 heterocycles. The summed E-state index contributed by atoms with van der Waals surface area (Å²) in [4.78, 5) is 3.69. The van der Waals surface area contributed by atoms with Crippen LogP contribution in [0.3, 0.4) is 0 Å². The van der Waals surface area contributed by atoms with Crippen molar-refractivity contribution in [1.82, 2.24) is 4.98 Å². The van der Waals surface area contributed by atoms with E-state index in [1.54, 1.807) is 0 Å². The highest BCUT2D eigenvalue weighted by molar-refractivity contribution is 6.33. The SMILES string of the molecule is Nc1cnc(NCC(O)C(F)(F)F)c(Cl)c1. The maximum atomic E-state index is 12.0. The molecule has 0 aromatic carbocycles. The Balaban J connectivity index is 2.62. The molecule has 1 atom stereocenters. The Labute approximate surface area is 94.2 Å². The lowest BCUT2D eigenvalue weighted by Crippen LogP contribution is -2.35. The van der Waals surface area contributed by atoms with Gasteiger partial charge >= 0.3 is 6.18 Å². The van der Waals surface area contributed by atoms with Crippen LogP contribution in [-0.2, 0) is 0 Å². The molecule has 0 saturated carbocycles. The number of alkyl halides is 3. The van der Waals surface area contributed by atoms with Crippen molar-refractivity contribution in [2.45, 2.75) is 12.3 Å². The van der Waals surface area contributed by atoms with Crippen LogP contribution in [0.4, 0.5) is 24.7 Å². The number of nitrogens with two attached hydrogens (primary N) is 1. The third-order valence-electron chi connectivity index (χ3n) is 1.70. The Hall–Kier alpha value is -1.21. The van der Waals surface area contributed by atoms with E-state index in [4.69, 9.17) is 22.4 Å². The Bertz CT molecular complexity index is 372. The van der Waals surface area contributed by atoms with Gasteiger partial charge in [0, 0.05) is 0 Å². The average Bonchev–Trinajstić information content (AvgIpc) is 2.14. The summed E-state index contributed by atoms with van der Waals surface area (Å²) in [5.41, 5.74) is 5.65. The first-order chi connectivity index (χ1) is 7.30. The molecule has 90 valence electrons. The van der Waals surface area contributed by atoms with Crippen molar-refractivity contribution in [3.05, 3.63) is 17.3 Å². The fourth-order valence-electron chi connectivity index (χ4n) is 0.892. The van der Waals surface area contributed by atoms with Gasteiger partial charge in [-0.3, -0.25) is 0 Å². The molecular weight excluding hydrogens is 247 g/mol. The largest absolute Gasteiger partial charge is 0.416 e. The average molecular weight is 256 g/mol. The molecule has 8 heteroatoms. The van der Waals surface area contributed by atoms with Crippen LogP contribution in [-0.4, -0.2) is 28.9 Å². The second-order valence-electron chi connectivity index (χ2n) is 3.04. The van der Waals surface area contributed by atoms with E-state index in [1.807, 2.05) is 0 Å². The molecule has 0 aliphatic carbocycles. The number of nitrogens with zero attached hydrogens (tertiary/aromatic N) is 1. The highest BCUT2D eigenvalue weighted by Crippen LogP contribution is 2.23. The zero-order valence-corrected chi connectivity index (χ0v) is 8.68. The molecule has 0 aliphatic rings. The molecule has 16 heavy (non-hydrogen) atoms. The van der Waals surface area contributed by atoms with Crippen molar-refractivity contribution in [3.8, 4) is 0 Å². The number of aromatic nitrogens is 1. The van der Waals surface area contributed by atoms with Gasteiger partial charge in [-0.1, -0.05) is 11.6 Å². The van der Waals surface area contributed by atoms with Gasteiger partial charge in [-0.25, -0.2) is 4.98 Å². The third-order valence-corrected chi connectivity index (χ3v) is 1.99. The topological polar surface area (TPSA) is 71.2 Å². The standard InChI is InChI=1S/C8H9ClF3N3O/c9-5-1-4(13)2-14-7(5)15-3-6(16)8(10,11)12/h1-2,6,16H,3,13H2,(H,14,15). The molecule has 1 aromatic rings. The lowest BCUT2D eigenvalue weighted by Gasteiger charge is -2.15. The van der Waals surface area contributed by atoms with E-state index in [0.29, 0.717) is 5.69 Å². The summed E-state index contributed by atoms with van der Waals surface area (Å²) in [5, 5.41) is 11.1. The van der Waals surface area contributed by atoms with Gasteiger partial charge in [-0.2, -0.15) is 13.2 Å². The van der Waals surface area contributed by atoms with E-state index in [1.165, 1.54) is 12.3 Å². The van der Waals surface area contributed by atoms with Crippen LogP contribution in [0.25, 0.3) is 0 Å². The van der Waals surface area contributed by atoms with Gasteiger partial charge in [0.1, 0.15) is 5.82 Å². The lowest BCUT2D eigenvalue weighted by molar-refractivity contribution is -0.198. The normalized spacial score (nSPS) is 13.6. The second-order valence-corrected chi connectivity index (χ2v) is 3.44. The summed E-state index contributed by atoms with van der Waals surface area (Å²) in [6.07, 6.45) is -5.90. The minimum Gasteiger partial charge on any atom is -0.397 e. The van der Waals surface area contributed by atoms with Crippen LogP contribution < -0.4 is 11.1 Å². The number of anilines is 2. The van der Waals surface area contributed by atoms with E-state index in [0.717, 1.165) is 0 Å². The van der Waals surface area contributed by atoms with Gasteiger partial charge in [-0.05, 0) is 6.07 Å². The molecule has 1 rings (SSSR count). The molecule has 0 bridgehead atoms. The Morgan fingerprint density at radius 3 is 2.69 bits per heavy atom. The highest BCUT2D eigenvalue weighted by atomic mass is 35.5. The van der Waals surface area contributed by atoms with Crippen LogP contribution in [0.1, 0.15) is 0 Å². The van der Waals surface area contributed by atoms with Crippen LogP contribution >= 0.6 is 11.6 Å². The molecule has 0 amide bonds. The fraction of sp³-hybridized carbons (Fsp3) is 0.375. The molecule has 4 N–H and O–H groups in total. The van der Waals surface area contributed by atoms with Gasteiger partial charge in [0.2, 0.25) is 0 Å². The first kappa shape index (κ1) is 12.9. The number of hydrogen-bond acceptors (Lipinski definition) is 4. The quantitative estimate of drug-likeness (QED) is 0.768. The molecular formula is C8H9ClF3N3O. The number of aliphatic hydroxyl groups is 1. The van der Waals surface area contributed by atoms with Crippen LogP contribution in [0.5, 0.6) is 0 Å². The Kier molecular flexibility index (Phi) is 3.82. The lowest BCUT2D eigenvalue weighted by atomic mass is 10.3. The first-order valence-electron chi connectivity index (χ1n) is 4.20. The molecule has 1 aromatic heterocycles. The second kappa shape index (κ2) is 4.75. The zero-order chi connectivity index (χ0) is 12.3. The number of pyridine rings is 1. The number of nitrogens with one attached hydrogen (secondary N) is 1. The van der Waals surface area contributed by atoms with Crippen molar-refractivity contribution in [1.29, 1.82) is 0 Å². The summed E-state index contributed by atoms with van der Waals surface area (Å²) >= 11 is 5.66. The van der Waals surface area contributed by atoms with Crippen LogP contribution in [0.15, 0.2) is 12.3 Å². The van der Waals surface area contributed by atoms with E-state index in [9.17, 15) is 13.2 Å². The van der Waals surface area contributed by atoms with E-state index in [2.05, 4.69) is 10.3 Å². The number of rotatable bonds is 3. The van der Waals surface area contributed by atoms with E-state index >= 15 is 0 Å². The molecule has 4 nitrogen and oxygen atoms in total. The van der Waals surface area contributed by atoms with Crippen LogP contribution in [0, 0.1) is 0 Å². The first-order valence-corrected chi connectivity index (χ1v) is 4.58. The van der Waals surface area contributed by atoms with Gasteiger partial charge in [-0.15, -0.1) is 0 Å². The van der Waals surface area contributed by atoms with Gasteiger partial charge in [0.05, 0.1) is 23.5 Å². The molecule has 0 saturated heterocycles. The van der Waals surface area contributed by atoms with Crippen molar-refractivity contribution < 1.29 is 18.3 Å². The van der Waals surface area contributed by atoms with Crippen LogP contribution in [0.2, 0.25) is 5.02 Å². The molecule has 1 unspecified atom stereocenters. The number of halogens is 4. The van der Waals surface area contributed by atoms with E-state index in [-0.39, 0.29) is 10.8 Å². The minimum atomic E-state index is -4.67. The predicted molar refractivity (Wildman–Crippen MR) is 54.2 cm³/mol. The van der Waals surface area contributed by atoms with E-state index < -0.39 is 18.8 Å². The monoisotopic (exact) mass is 255 g/mol. The summed E-state index contributed by atoms with van der Waals surface area (Å²) in [6.45, 7) is -0.722. The molecule has 0 radical (unpaired) electrons. The van der Waals surface area contributed by atoms with Gasteiger partial charge < -0.3 is 16.2 Å². The van der Waals surface area contributed by atoms with Crippen molar-refractivity contribution in [2.75, 3.05) is 17.6 Å². The predicted octanol–water partition coefficient (Wildman–Crippen LogP) is 1.65. The zero-order valence-electron chi connectivity index (χ0n) is 7.92. The maximum absolute atomic E-state index is 12.0. The highest BCUT2D eigenvalue weighted by Gasteiger charge is 2.37. The summed E-state index contributed by atoms with van der Waals surface area (Å²) in [7, 11) is 0. The molecule has 0 aliphatic heterocycles. The van der Waals surface area contributed by atoms with Gasteiger partial charge in [0.25, 0.3) is 0 Å². The Morgan fingerprint density at radius 1 is 1.56 bits per heavy atom. The van der Waals surface area contributed by atoms with Crippen molar-refractivity contribution in [2.24, 2.45) is 0 Å². The fourth-order valence-corrected chi connectivity index (χ4v) is 1.13. The smallest absolute Gasteiger partial charge is 0.397 e. The number of nitrogen functional groups attached to an aromatic ring is 1. The molecule has 0 spiro atoms. The Morgan fingerprint density at radius 2 is 2.19 bits per heavy atom. The summed E-state index contributed by atoms with van der Waals surface area (Å²) in [5.74, 6) is 0.0409. The summed E-state index contributed by atoms with van der Waals surface area (Å²) in [6, 6.07) is 1.34. The van der Waals surface area contributed by atoms with Crippen molar-refractivity contribution >= 4 is 23.1 Å². The number of aliphatic hydroxyl groups excluding tert-OH is 1. The van der Waals surface area contributed by atoms with Gasteiger partial charge in [0.15, 0.2) is 6.10 Å². The summed E-state index contributed by atoms with van der Waals surface area (Å²) < 4.78 is 35.9. The number of hydrogen-bond donors (Lipinski definition) is 3.